The summed E-state index contributed by atoms with van der Waals surface area (Å²) in [6, 6.07) is 0.678. The highest BCUT2D eigenvalue weighted by Crippen LogP contribution is 2.23. The molecule has 3 heterocycles. The maximum absolute atomic E-state index is 12.4. The number of piperidine rings is 2. The minimum absolute atomic E-state index is 0.166. The molecule has 2 aliphatic heterocycles. The van der Waals surface area contributed by atoms with Gasteiger partial charge in [0.15, 0.2) is 0 Å². The van der Waals surface area contributed by atoms with Crippen LogP contribution < -0.4 is 5.32 Å². The highest BCUT2D eigenvalue weighted by atomic mass is 32.1. The van der Waals surface area contributed by atoms with Crippen molar-refractivity contribution in [1.82, 2.24) is 20.1 Å². The molecular formula is C17H28N4OS. The third-order valence-corrected chi connectivity index (χ3v) is 5.99. The Labute approximate surface area is 143 Å². The number of nitrogens with one attached hydrogen (secondary N) is 1. The molecule has 1 aromatic heterocycles. The lowest BCUT2D eigenvalue weighted by molar-refractivity contribution is -0.127. The van der Waals surface area contributed by atoms with Crippen LogP contribution in [0.1, 0.15) is 30.7 Å². The number of carbonyl (C=O) groups excluding carboxylic acids is 1. The first-order valence-corrected chi connectivity index (χ1v) is 9.69. The van der Waals surface area contributed by atoms with Crippen molar-refractivity contribution in [2.45, 2.75) is 38.1 Å². The van der Waals surface area contributed by atoms with Crippen molar-refractivity contribution in [3.8, 4) is 0 Å². The Hall–Kier alpha value is -0.980. The van der Waals surface area contributed by atoms with E-state index in [2.05, 4.69) is 27.1 Å². The van der Waals surface area contributed by atoms with E-state index in [1.165, 1.54) is 25.9 Å². The highest BCUT2D eigenvalue weighted by Gasteiger charge is 2.30. The van der Waals surface area contributed by atoms with E-state index in [9.17, 15) is 4.79 Å². The van der Waals surface area contributed by atoms with Gasteiger partial charge in [0, 0.05) is 37.1 Å². The molecule has 5 nitrogen and oxygen atoms in total. The lowest BCUT2D eigenvalue weighted by atomic mass is 9.93. The molecule has 2 saturated heterocycles. The molecule has 0 bridgehead atoms. The summed E-state index contributed by atoms with van der Waals surface area (Å²) in [5.74, 6) is 0.402. The number of hydrogen-bond donors (Lipinski definition) is 1. The van der Waals surface area contributed by atoms with Crippen molar-refractivity contribution in [3.05, 3.63) is 16.6 Å². The van der Waals surface area contributed by atoms with Gasteiger partial charge in [-0.15, -0.1) is 11.3 Å². The van der Waals surface area contributed by atoms with Gasteiger partial charge >= 0.3 is 0 Å². The van der Waals surface area contributed by atoms with Crippen molar-refractivity contribution in [3.63, 3.8) is 0 Å². The molecule has 2 fully saturated rings. The normalized spacial score (nSPS) is 24.7. The molecule has 1 N–H and O–H groups in total. The first kappa shape index (κ1) is 16.9. The van der Waals surface area contributed by atoms with Crippen LogP contribution in [-0.4, -0.2) is 66.5 Å². The zero-order chi connectivity index (χ0) is 16.1. The van der Waals surface area contributed by atoms with E-state index in [4.69, 9.17) is 0 Å². The maximum Gasteiger partial charge on any atom is 0.224 e. The standard InChI is InChI=1S/C17H28N4OS/c1-20-10-5-15(6-11-20)21-9-2-3-14(13-21)17(22)19-7-4-16-18-8-12-23-16/h8,12,14-15H,2-7,9-11,13H2,1H3,(H,19,22). The van der Waals surface area contributed by atoms with E-state index in [0.29, 0.717) is 12.6 Å². The minimum Gasteiger partial charge on any atom is -0.355 e. The number of hydrogen-bond acceptors (Lipinski definition) is 5. The van der Waals surface area contributed by atoms with Gasteiger partial charge in [0.05, 0.1) is 10.9 Å². The Morgan fingerprint density at radius 3 is 2.91 bits per heavy atom. The van der Waals surface area contributed by atoms with Gasteiger partial charge in [-0.1, -0.05) is 0 Å². The summed E-state index contributed by atoms with van der Waals surface area (Å²) < 4.78 is 0. The van der Waals surface area contributed by atoms with E-state index in [-0.39, 0.29) is 11.8 Å². The molecule has 23 heavy (non-hydrogen) atoms. The summed E-state index contributed by atoms with van der Waals surface area (Å²) in [6.45, 7) is 5.18. The number of nitrogens with zero attached hydrogens (tertiary/aromatic N) is 3. The van der Waals surface area contributed by atoms with Gasteiger partial charge < -0.3 is 10.2 Å². The lowest BCUT2D eigenvalue weighted by Crippen LogP contribution is -2.50. The van der Waals surface area contributed by atoms with Crippen molar-refractivity contribution >= 4 is 17.2 Å². The smallest absolute Gasteiger partial charge is 0.224 e. The van der Waals surface area contributed by atoms with Crippen molar-refractivity contribution in [2.75, 3.05) is 39.8 Å². The molecule has 0 radical (unpaired) electrons. The number of thiazole rings is 1. The summed E-state index contributed by atoms with van der Waals surface area (Å²) in [4.78, 5) is 21.7. The maximum atomic E-state index is 12.4. The third kappa shape index (κ3) is 4.75. The Morgan fingerprint density at radius 2 is 2.17 bits per heavy atom. The minimum atomic E-state index is 0.166. The predicted octanol–water partition coefficient (Wildman–Crippen LogP) is 1.61. The summed E-state index contributed by atoms with van der Waals surface area (Å²) in [5.41, 5.74) is 0. The molecule has 1 unspecified atom stereocenters. The number of likely N-dealkylation sites (tertiary alicyclic amines) is 2. The summed E-state index contributed by atoms with van der Waals surface area (Å²) in [7, 11) is 2.20. The fourth-order valence-electron chi connectivity index (χ4n) is 3.73. The van der Waals surface area contributed by atoms with Crippen LogP contribution >= 0.6 is 11.3 Å². The monoisotopic (exact) mass is 336 g/mol. The van der Waals surface area contributed by atoms with Gasteiger partial charge in [-0.05, 0) is 52.4 Å². The molecule has 128 valence electrons. The first-order valence-electron chi connectivity index (χ1n) is 8.81. The van der Waals surface area contributed by atoms with Crippen LogP contribution in [0.3, 0.4) is 0 Å². The van der Waals surface area contributed by atoms with E-state index in [1.807, 2.05) is 11.6 Å². The third-order valence-electron chi connectivity index (χ3n) is 5.15. The Balaban J connectivity index is 1.43. The fourth-order valence-corrected chi connectivity index (χ4v) is 4.35. The van der Waals surface area contributed by atoms with Gasteiger partial charge in [0.25, 0.3) is 0 Å². The van der Waals surface area contributed by atoms with Crippen molar-refractivity contribution in [2.24, 2.45) is 5.92 Å². The topological polar surface area (TPSA) is 48.5 Å². The molecule has 3 rings (SSSR count). The van der Waals surface area contributed by atoms with Gasteiger partial charge in [0.1, 0.15) is 0 Å². The molecule has 1 atom stereocenters. The van der Waals surface area contributed by atoms with E-state index in [1.54, 1.807) is 11.3 Å². The van der Waals surface area contributed by atoms with Gasteiger partial charge in [-0.3, -0.25) is 9.69 Å². The average molecular weight is 337 g/mol. The van der Waals surface area contributed by atoms with Crippen LogP contribution in [0.2, 0.25) is 0 Å². The predicted molar refractivity (Wildman–Crippen MR) is 93.6 cm³/mol. The first-order chi connectivity index (χ1) is 11.2. The summed E-state index contributed by atoms with van der Waals surface area (Å²) in [5, 5.41) is 6.20. The van der Waals surface area contributed by atoms with Gasteiger partial charge in [-0.25, -0.2) is 4.98 Å². The zero-order valence-corrected chi connectivity index (χ0v) is 14.9. The molecule has 1 aromatic rings. The highest BCUT2D eigenvalue weighted by molar-refractivity contribution is 7.09. The second kappa shape index (κ2) is 8.22. The summed E-state index contributed by atoms with van der Waals surface area (Å²) in [6.07, 6.45) is 7.34. The Morgan fingerprint density at radius 1 is 1.35 bits per heavy atom. The quantitative estimate of drug-likeness (QED) is 0.887. The number of rotatable bonds is 5. The fraction of sp³-hybridized carbons (Fsp3) is 0.765. The molecule has 2 aliphatic rings. The van der Waals surface area contributed by atoms with Crippen LogP contribution in [0.25, 0.3) is 0 Å². The van der Waals surface area contributed by atoms with Crippen LogP contribution in [-0.2, 0) is 11.2 Å². The zero-order valence-electron chi connectivity index (χ0n) is 14.0. The van der Waals surface area contributed by atoms with E-state index >= 15 is 0 Å². The van der Waals surface area contributed by atoms with Gasteiger partial charge in [-0.2, -0.15) is 0 Å². The molecule has 0 saturated carbocycles. The SMILES string of the molecule is CN1CCC(N2CCCC(C(=O)NCCc3nccs3)C2)CC1. The Kier molecular flexibility index (Phi) is 6.02. The molecule has 1 amide bonds. The number of amides is 1. The van der Waals surface area contributed by atoms with E-state index in [0.717, 1.165) is 37.4 Å². The van der Waals surface area contributed by atoms with Crippen LogP contribution in [0, 0.1) is 5.92 Å². The number of carbonyl (C=O) groups is 1. The summed E-state index contributed by atoms with van der Waals surface area (Å²) >= 11 is 1.65. The second-order valence-electron chi connectivity index (χ2n) is 6.84. The van der Waals surface area contributed by atoms with Gasteiger partial charge in [0.2, 0.25) is 5.91 Å². The molecule has 0 aliphatic carbocycles. The van der Waals surface area contributed by atoms with Crippen LogP contribution in [0.15, 0.2) is 11.6 Å². The molecular weight excluding hydrogens is 308 g/mol. The van der Waals surface area contributed by atoms with E-state index < -0.39 is 0 Å². The largest absolute Gasteiger partial charge is 0.355 e. The van der Waals surface area contributed by atoms with Crippen molar-refractivity contribution in [1.29, 1.82) is 0 Å². The average Bonchev–Trinajstić information content (AvgIpc) is 3.09. The van der Waals surface area contributed by atoms with Crippen LogP contribution in [0.5, 0.6) is 0 Å². The second-order valence-corrected chi connectivity index (χ2v) is 7.81. The van der Waals surface area contributed by atoms with Crippen molar-refractivity contribution < 1.29 is 4.79 Å². The van der Waals surface area contributed by atoms with Crippen LogP contribution in [0.4, 0.5) is 0 Å². The Bertz CT molecular complexity index is 485. The molecule has 0 spiro atoms. The number of aromatic nitrogens is 1. The molecule has 6 heteroatoms. The lowest BCUT2D eigenvalue weighted by Gasteiger charge is -2.41. The molecule has 0 aromatic carbocycles.